The van der Waals surface area contributed by atoms with E-state index in [1.165, 1.54) is 35.6 Å². The maximum atomic E-state index is 12.6. The molecule has 29 heavy (non-hydrogen) atoms. The molecular weight excluding hydrogens is 414 g/mol. The maximum Gasteiger partial charge on any atom is 0.260 e. The summed E-state index contributed by atoms with van der Waals surface area (Å²) in [5.41, 5.74) is 0. The van der Waals surface area contributed by atoms with Gasteiger partial charge in [-0.25, -0.2) is 8.42 Å². The van der Waals surface area contributed by atoms with E-state index >= 15 is 0 Å². The largest absolute Gasteiger partial charge is 0.484 e. The summed E-state index contributed by atoms with van der Waals surface area (Å²) in [6.45, 7) is 2.51. The van der Waals surface area contributed by atoms with E-state index in [0.717, 1.165) is 17.6 Å². The van der Waals surface area contributed by atoms with E-state index in [9.17, 15) is 13.2 Å². The third-order valence-electron chi connectivity index (χ3n) is 3.99. The lowest BCUT2D eigenvalue weighted by atomic mass is 10.3. The lowest BCUT2D eigenvalue weighted by Crippen LogP contribution is -2.35. The molecule has 1 amide bonds. The van der Waals surface area contributed by atoms with Crippen molar-refractivity contribution in [3.8, 4) is 16.5 Å². The second-order valence-electron chi connectivity index (χ2n) is 6.33. The number of ether oxygens (including phenoxy) is 1. The Morgan fingerprint density at radius 2 is 1.97 bits per heavy atom. The molecule has 0 spiro atoms. The van der Waals surface area contributed by atoms with Gasteiger partial charge in [-0.1, -0.05) is 13.0 Å². The van der Waals surface area contributed by atoms with E-state index in [4.69, 9.17) is 9.15 Å². The Labute approximate surface area is 173 Å². The molecule has 1 aromatic carbocycles. The van der Waals surface area contributed by atoms with Crippen LogP contribution in [0.1, 0.15) is 19.2 Å². The van der Waals surface area contributed by atoms with Crippen molar-refractivity contribution < 1.29 is 22.4 Å². The van der Waals surface area contributed by atoms with Crippen molar-refractivity contribution in [3.63, 3.8) is 0 Å². The number of sulfone groups is 1. The molecule has 0 unspecified atom stereocenters. The normalized spacial score (nSPS) is 11.4. The topological polar surface area (TPSA) is 103 Å². The van der Waals surface area contributed by atoms with E-state index in [-0.39, 0.29) is 24.0 Å². The Morgan fingerprint density at radius 3 is 2.59 bits per heavy atom. The van der Waals surface area contributed by atoms with Crippen molar-refractivity contribution in [3.05, 3.63) is 47.7 Å². The Kier molecular flexibility index (Phi) is 6.65. The summed E-state index contributed by atoms with van der Waals surface area (Å²) < 4.78 is 34.2. The van der Waals surface area contributed by atoms with Crippen LogP contribution in [-0.2, 0) is 21.2 Å². The predicted octanol–water partition coefficient (Wildman–Crippen LogP) is 3.02. The highest BCUT2D eigenvalue weighted by Gasteiger charge is 2.18. The molecule has 0 fully saturated rings. The van der Waals surface area contributed by atoms with Gasteiger partial charge in [-0.05, 0) is 42.1 Å². The number of nitrogens with zero attached hydrogens (tertiary/aromatic N) is 3. The average Bonchev–Trinajstić information content (AvgIpc) is 3.37. The first-order chi connectivity index (χ1) is 13.9. The first kappa shape index (κ1) is 21.0. The van der Waals surface area contributed by atoms with Crippen LogP contribution in [0.2, 0.25) is 0 Å². The molecule has 0 aliphatic rings. The van der Waals surface area contributed by atoms with Gasteiger partial charge in [-0.3, -0.25) is 4.79 Å². The van der Waals surface area contributed by atoms with E-state index < -0.39 is 9.84 Å². The van der Waals surface area contributed by atoms with Crippen LogP contribution in [0.25, 0.3) is 10.8 Å². The number of thiophene rings is 1. The van der Waals surface area contributed by atoms with Crippen LogP contribution in [0.15, 0.2) is 51.1 Å². The first-order valence-corrected chi connectivity index (χ1v) is 11.7. The molecule has 2 heterocycles. The fourth-order valence-electron chi connectivity index (χ4n) is 2.56. The number of aromatic nitrogens is 2. The minimum atomic E-state index is -3.27. The number of benzene rings is 1. The van der Waals surface area contributed by atoms with Gasteiger partial charge in [0.05, 0.1) is 16.3 Å². The van der Waals surface area contributed by atoms with Gasteiger partial charge in [0.1, 0.15) is 5.75 Å². The molecule has 154 valence electrons. The molecule has 0 bridgehead atoms. The highest BCUT2D eigenvalue weighted by atomic mass is 32.2. The maximum absolute atomic E-state index is 12.6. The SMILES string of the molecule is CCCN(Cc1nnc(-c2cccs2)o1)C(=O)COc1ccc(S(C)(=O)=O)cc1. The van der Waals surface area contributed by atoms with Crippen molar-refractivity contribution in [1.29, 1.82) is 0 Å². The fraction of sp³-hybridized carbons (Fsp3) is 0.316. The summed E-state index contributed by atoms with van der Waals surface area (Å²) in [6, 6.07) is 9.74. The molecule has 10 heteroatoms. The monoisotopic (exact) mass is 435 g/mol. The van der Waals surface area contributed by atoms with Gasteiger partial charge in [-0.2, -0.15) is 0 Å². The van der Waals surface area contributed by atoms with Crippen molar-refractivity contribution in [2.75, 3.05) is 19.4 Å². The summed E-state index contributed by atoms with van der Waals surface area (Å²) in [6.07, 6.45) is 1.90. The summed E-state index contributed by atoms with van der Waals surface area (Å²) in [7, 11) is -3.27. The quantitative estimate of drug-likeness (QED) is 0.509. The highest BCUT2D eigenvalue weighted by molar-refractivity contribution is 7.90. The third kappa shape index (κ3) is 5.64. The predicted molar refractivity (Wildman–Crippen MR) is 108 cm³/mol. The van der Waals surface area contributed by atoms with Gasteiger partial charge in [-0.15, -0.1) is 21.5 Å². The Hall–Kier alpha value is -2.72. The number of carbonyl (C=O) groups is 1. The standard InChI is InChI=1S/C19H21N3O5S2/c1-3-10-22(12-17-20-21-19(27-17)16-5-4-11-28-16)18(23)13-26-14-6-8-15(9-7-14)29(2,24)25/h4-9,11H,3,10,12-13H2,1-2H3. The number of hydrogen-bond donors (Lipinski definition) is 0. The van der Waals surface area contributed by atoms with Crippen LogP contribution in [0, 0.1) is 0 Å². The average molecular weight is 436 g/mol. The molecule has 0 radical (unpaired) electrons. The van der Waals surface area contributed by atoms with Gasteiger partial charge in [0.25, 0.3) is 11.8 Å². The number of amides is 1. The van der Waals surface area contributed by atoms with Crippen molar-refractivity contribution in [1.82, 2.24) is 15.1 Å². The van der Waals surface area contributed by atoms with Crippen LogP contribution in [-0.4, -0.2) is 48.8 Å². The molecule has 0 atom stereocenters. The Morgan fingerprint density at radius 1 is 1.21 bits per heavy atom. The summed E-state index contributed by atoms with van der Waals surface area (Å²) in [5, 5.41) is 9.98. The zero-order valence-electron chi connectivity index (χ0n) is 16.1. The molecule has 3 rings (SSSR count). The van der Waals surface area contributed by atoms with E-state index in [1.807, 2.05) is 24.4 Å². The van der Waals surface area contributed by atoms with E-state index in [0.29, 0.717) is 24.1 Å². The van der Waals surface area contributed by atoms with Crippen LogP contribution < -0.4 is 4.74 Å². The van der Waals surface area contributed by atoms with Gasteiger partial charge < -0.3 is 14.1 Å². The second kappa shape index (κ2) is 9.19. The minimum Gasteiger partial charge on any atom is -0.484 e. The lowest BCUT2D eigenvalue weighted by Gasteiger charge is -2.20. The van der Waals surface area contributed by atoms with Crippen molar-refractivity contribution in [2.45, 2.75) is 24.8 Å². The van der Waals surface area contributed by atoms with Crippen LogP contribution in [0.3, 0.4) is 0 Å². The summed E-state index contributed by atoms with van der Waals surface area (Å²) in [5.74, 6) is 0.976. The van der Waals surface area contributed by atoms with Gasteiger partial charge in [0.15, 0.2) is 16.4 Å². The molecule has 0 aliphatic carbocycles. The third-order valence-corrected chi connectivity index (χ3v) is 5.97. The molecule has 2 aromatic heterocycles. The molecule has 0 saturated carbocycles. The molecule has 0 saturated heterocycles. The zero-order valence-corrected chi connectivity index (χ0v) is 17.7. The smallest absolute Gasteiger partial charge is 0.260 e. The first-order valence-electron chi connectivity index (χ1n) is 8.93. The summed E-state index contributed by atoms with van der Waals surface area (Å²) >= 11 is 1.50. The van der Waals surface area contributed by atoms with Crippen LogP contribution in [0.5, 0.6) is 5.75 Å². The van der Waals surface area contributed by atoms with Crippen molar-refractivity contribution in [2.24, 2.45) is 0 Å². The summed E-state index contributed by atoms with van der Waals surface area (Å²) in [4.78, 5) is 15.3. The number of rotatable bonds is 9. The molecule has 0 aliphatic heterocycles. The van der Waals surface area contributed by atoms with E-state index in [1.54, 1.807) is 4.90 Å². The molecular formula is C19H21N3O5S2. The van der Waals surface area contributed by atoms with Gasteiger partial charge in [0, 0.05) is 12.8 Å². The minimum absolute atomic E-state index is 0.176. The molecule has 8 nitrogen and oxygen atoms in total. The number of carbonyl (C=O) groups excluding carboxylic acids is 1. The second-order valence-corrected chi connectivity index (χ2v) is 9.29. The zero-order chi connectivity index (χ0) is 20.9. The highest BCUT2D eigenvalue weighted by Crippen LogP contribution is 2.23. The van der Waals surface area contributed by atoms with Crippen LogP contribution in [0.4, 0.5) is 0 Å². The van der Waals surface area contributed by atoms with Gasteiger partial charge >= 0.3 is 0 Å². The Bertz CT molecular complexity index is 1040. The fourth-order valence-corrected chi connectivity index (χ4v) is 3.84. The molecule has 0 N–H and O–H groups in total. The van der Waals surface area contributed by atoms with Gasteiger partial charge in [0.2, 0.25) is 5.89 Å². The lowest BCUT2D eigenvalue weighted by molar-refractivity contribution is -0.134. The van der Waals surface area contributed by atoms with Crippen molar-refractivity contribution >= 4 is 27.1 Å². The molecule has 3 aromatic rings. The van der Waals surface area contributed by atoms with Crippen LogP contribution >= 0.6 is 11.3 Å². The number of hydrogen-bond acceptors (Lipinski definition) is 8. The Balaban J connectivity index is 1.60. The van der Waals surface area contributed by atoms with E-state index in [2.05, 4.69) is 10.2 Å².